The maximum atomic E-state index is 10.7. The molecule has 0 aromatic heterocycles. The van der Waals surface area contributed by atoms with Crippen LogP contribution in [0.15, 0.2) is 30.3 Å². The van der Waals surface area contributed by atoms with Crippen LogP contribution in [0.1, 0.15) is 6.42 Å². The van der Waals surface area contributed by atoms with Crippen LogP contribution in [0, 0.1) is 0 Å². The zero-order valence-electron chi connectivity index (χ0n) is 8.31. The van der Waals surface area contributed by atoms with Gasteiger partial charge in [0, 0.05) is 18.3 Å². The monoisotopic (exact) mass is 206 g/mol. The summed E-state index contributed by atoms with van der Waals surface area (Å²) in [6.45, 7) is 0.700. The Bertz CT molecular complexity index is 340. The van der Waals surface area contributed by atoms with Crippen LogP contribution in [0.25, 0.3) is 0 Å². The first-order valence-corrected chi connectivity index (χ1v) is 5.03. The highest BCUT2D eigenvalue weighted by Crippen LogP contribution is 2.13. The molecule has 0 spiro atoms. The Morgan fingerprint density at radius 2 is 2.13 bits per heavy atom. The van der Waals surface area contributed by atoms with Crippen LogP contribution < -0.4 is 10.6 Å². The van der Waals surface area contributed by atoms with Gasteiger partial charge in [-0.25, -0.2) is 0 Å². The summed E-state index contributed by atoms with van der Waals surface area (Å²) in [5, 5.41) is 15.1. The smallest absolute Gasteiger partial charge is 0.320 e. The molecule has 1 aromatic rings. The molecule has 1 aliphatic rings. The molecule has 1 aromatic carbocycles. The number of hydrogen-bond acceptors (Lipinski definition) is 3. The molecule has 3 N–H and O–H groups in total. The summed E-state index contributed by atoms with van der Waals surface area (Å²) in [5.41, 5.74) is 1.04. The molecule has 0 radical (unpaired) electrons. The molecule has 0 amide bonds. The quantitative estimate of drug-likeness (QED) is 0.688. The summed E-state index contributed by atoms with van der Waals surface area (Å²) in [6, 6.07) is 9.62. The highest BCUT2D eigenvalue weighted by Gasteiger charge is 2.28. The van der Waals surface area contributed by atoms with E-state index in [2.05, 4.69) is 10.6 Å². The van der Waals surface area contributed by atoms with E-state index in [1.165, 1.54) is 0 Å². The highest BCUT2D eigenvalue weighted by atomic mass is 16.4. The predicted octanol–water partition coefficient (Wildman–Crippen LogP) is 0.914. The Morgan fingerprint density at radius 1 is 1.40 bits per heavy atom. The van der Waals surface area contributed by atoms with Gasteiger partial charge in [-0.2, -0.15) is 0 Å². The summed E-state index contributed by atoms with van der Waals surface area (Å²) in [7, 11) is 0. The molecule has 80 valence electrons. The number of para-hydroxylation sites is 1. The number of carboxylic acids is 1. The van der Waals surface area contributed by atoms with Crippen LogP contribution in [0.3, 0.4) is 0 Å². The number of carboxylic acid groups (broad SMARTS) is 1. The van der Waals surface area contributed by atoms with E-state index in [4.69, 9.17) is 5.11 Å². The van der Waals surface area contributed by atoms with Gasteiger partial charge in [0.1, 0.15) is 6.04 Å². The average Bonchev–Trinajstić information content (AvgIpc) is 2.68. The second kappa shape index (κ2) is 4.31. The van der Waals surface area contributed by atoms with Crippen molar-refractivity contribution in [1.29, 1.82) is 0 Å². The third-order valence-corrected chi connectivity index (χ3v) is 2.57. The molecule has 1 saturated heterocycles. The summed E-state index contributed by atoms with van der Waals surface area (Å²) < 4.78 is 0. The van der Waals surface area contributed by atoms with Crippen molar-refractivity contribution < 1.29 is 9.90 Å². The molecule has 0 bridgehead atoms. The second-order valence-electron chi connectivity index (χ2n) is 3.74. The summed E-state index contributed by atoms with van der Waals surface area (Å²) >= 11 is 0. The maximum absolute atomic E-state index is 10.7. The van der Waals surface area contributed by atoms with Crippen molar-refractivity contribution >= 4 is 11.7 Å². The Hall–Kier alpha value is -1.55. The molecule has 4 nitrogen and oxygen atoms in total. The van der Waals surface area contributed by atoms with Crippen LogP contribution in [0.5, 0.6) is 0 Å². The summed E-state index contributed by atoms with van der Waals surface area (Å²) in [4.78, 5) is 10.7. The van der Waals surface area contributed by atoms with Gasteiger partial charge in [0.2, 0.25) is 0 Å². The summed E-state index contributed by atoms with van der Waals surface area (Å²) in [5.74, 6) is -0.771. The molecule has 0 aliphatic carbocycles. The van der Waals surface area contributed by atoms with Gasteiger partial charge in [-0.1, -0.05) is 18.2 Å². The number of carbonyl (C=O) groups is 1. The van der Waals surface area contributed by atoms with Gasteiger partial charge in [0.25, 0.3) is 0 Å². The van der Waals surface area contributed by atoms with Crippen LogP contribution >= 0.6 is 0 Å². The first kappa shape index (κ1) is 9.98. The van der Waals surface area contributed by atoms with Crippen LogP contribution in [-0.2, 0) is 4.79 Å². The molecule has 2 rings (SSSR count). The van der Waals surface area contributed by atoms with E-state index in [1.807, 2.05) is 30.3 Å². The van der Waals surface area contributed by atoms with Gasteiger partial charge in [0.15, 0.2) is 0 Å². The fraction of sp³-hybridized carbons (Fsp3) is 0.364. The molecule has 1 aliphatic heterocycles. The molecule has 1 heterocycles. The predicted molar refractivity (Wildman–Crippen MR) is 57.9 cm³/mol. The largest absolute Gasteiger partial charge is 0.480 e. The van der Waals surface area contributed by atoms with Crippen molar-refractivity contribution in [3.8, 4) is 0 Å². The van der Waals surface area contributed by atoms with Crippen LogP contribution in [0.2, 0.25) is 0 Å². The lowest BCUT2D eigenvalue weighted by Gasteiger charge is -2.12. The van der Waals surface area contributed by atoms with Gasteiger partial charge in [0.05, 0.1) is 0 Å². The minimum absolute atomic E-state index is 0.202. The van der Waals surface area contributed by atoms with Gasteiger partial charge >= 0.3 is 5.97 Å². The van der Waals surface area contributed by atoms with Gasteiger partial charge in [-0.3, -0.25) is 4.79 Å². The van der Waals surface area contributed by atoms with Crippen LogP contribution in [-0.4, -0.2) is 29.7 Å². The first-order valence-electron chi connectivity index (χ1n) is 5.03. The summed E-state index contributed by atoms with van der Waals surface area (Å²) in [6.07, 6.45) is 0.629. The van der Waals surface area contributed by atoms with Crippen LogP contribution in [0.4, 0.5) is 5.69 Å². The van der Waals surface area contributed by atoms with Crippen molar-refractivity contribution in [1.82, 2.24) is 5.32 Å². The number of nitrogens with one attached hydrogen (secondary N) is 2. The second-order valence-corrected chi connectivity index (χ2v) is 3.74. The fourth-order valence-corrected chi connectivity index (χ4v) is 1.80. The first-order chi connectivity index (χ1) is 7.25. The molecular weight excluding hydrogens is 192 g/mol. The average molecular weight is 206 g/mol. The minimum atomic E-state index is -0.771. The molecule has 1 fully saturated rings. The van der Waals surface area contributed by atoms with Gasteiger partial charge in [-0.05, 0) is 18.6 Å². The maximum Gasteiger partial charge on any atom is 0.320 e. The fourth-order valence-electron chi connectivity index (χ4n) is 1.80. The number of rotatable bonds is 3. The molecule has 0 saturated carbocycles. The number of aliphatic carboxylic acids is 1. The van der Waals surface area contributed by atoms with Crippen molar-refractivity contribution in [3.63, 3.8) is 0 Å². The number of hydrogen-bond donors (Lipinski definition) is 3. The van der Waals surface area contributed by atoms with Gasteiger partial charge in [-0.15, -0.1) is 0 Å². The van der Waals surface area contributed by atoms with E-state index in [1.54, 1.807) is 0 Å². The van der Waals surface area contributed by atoms with E-state index in [9.17, 15) is 4.79 Å². The zero-order valence-corrected chi connectivity index (χ0v) is 8.31. The zero-order chi connectivity index (χ0) is 10.7. The van der Waals surface area contributed by atoms with Crippen molar-refractivity contribution in [2.45, 2.75) is 18.5 Å². The molecule has 2 atom stereocenters. The van der Waals surface area contributed by atoms with Crippen molar-refractivity contribution in [3.05, 3.63) is 30.3 Å². The third kappa shape index (κ3) is 2.47. The Kier molecular flexibility index (Phi) is 2.87. The van der Waals surface area contributed by atoms with E-state index in [0.29, 0.717) is 13.0 Å². The van der Waals surface area contributed by atoms with Crippen molar-refractivity contribution in [2.75, 3.05) is 11.9 Å². The topological polar surface area (TPSA) is 61.4 Å². The highest BCUT2D eigenvalue weighted by molar-refractivity contribution is 5.74. The van der Waals surface area contributed by atoms with Gasteiger partial charge < -0.3 is 15.7 Å². The standard InChI is InChI=1S/C11H14N2O2/c14-11(15)10-6-9(7-12-10)13-8-4-2-1-3-5-8/h1-5,9-10,12-13H,6-7H2,(H,14,15). The Morgan fingerprint density at radius 3 is 2.73 bits per heavy atom. The lowest BCUT2D eigenvalue weighted by Crippen LogP contribution is -2.30. The van der Waals surface area contributed by atoms with E-state index >= 15 is 0 Å². The van der Waals surface area contributed by atoms with E-state index < -0.39 is 12.0 Å². The lowest BCUT2D eigenvalue weighted by atomic mass is 10.1. The molecule has 15 heavy (non-hydrogen) atoms. The third-order valence-electron chi connectivity index (χ3n) is 2.57. The van der Waals surface area contributed by atoms with Crippen molar-refractivity contribution in [2.24, 2.45) is 0 Å². The SMILES string of the molecule is O=C(O)C1CC(Nc2ccccc2)CN1. The van der Waals surface area contributed by atoms with E-state index in [-0.39, 0.29) is 6.04 Å². The number of benzene rings is 1. The Labute approximate surface area is 88.3 Å². The molecular formula is C11H14N2O2. The molecule has 4 heteroatoms. The Balaban J connectivity index is 1.90. The normalized spacial score (nSPS) is 25.1. The van der Waals surface area contributed by atoms with E-state index in [0.717, 1.165) is 5.69 Å². The minimum Gasteiger partial charge on any atom is -0.480 e. The number of anilines is 1. The lowest BCUT2D eigenvalue weighted by molar-refractivity contribution is -0.139. The molecule has 2 unspecified atom stereocenters.